The molecule has 0 bridgehead atoms. The highest BCUT2D eigenvalue weighted by Crippen LogP contribution is 2.33. The highest BCUT2D eigenvalue weighted by molar-refractivity contribution is 9.10. The fraction of sp³-hybridized carbons (Fsp3) is 0.400. The van der Waals surface area contributed by atoms with Crippen LogP contribution in [-0.2, 0) is 16.2 Å². The van der Waals surface area contributed by atoms with Crippen LogP contribution in [0.25, 0.3) is 0 Å². The van der Waals surface area contributed by atoms with Crippen molar-refractivity contribution in [1.29, 1.82) is 0 Å². The summed E-state index contributed by atoms with van der Waals surface area (Å²) in [5.41, 5.74) is -1.05. The summed E-state index contributed by atoms with van der Waals surface area (Å²) in [6.45, 7) is 0.204. The first kappa shape index (κ1) is 16.3. The summed E-state index contributed by atoms with van der Waals surface area (Å²) >= 11 is 2.92. The van der Waals surface area contributed by atoms with Crippen molar-refractivity contribution in [2.75, 3.05) is 24.1 Å². The van der Waals surface area contributed by atoms with Crippen LogP contribution >= 0.6 is 15.9 Å². The Kier molecular flexibility index (Phi) is 5.22. The van der Waals surface area contributed by atoms with Gasteiger partial charge in [0.25, 0.3) is 0 Å². The number of hydrogen-bond donors (Lipinski definition) is 2. The monoisotopic (exact) mass is 360 g/mol. The van der Waals surface area contributed by atoms with Gasteiger partial charge in [0.15, 0.2) is 0 Å². The average Bonchev–Trinajstić information content (AvgIpc) is 2.23. The van der Waals surface area contributed by atoms with Crippen molar-refractivity contribution in [2.24, 2.45) is 0 Å². The lowest BCUT2D eigenvalue weighted by molar-refractivity contribution is -0.137. The molecule has 108 valence electrons. The van der Waals surface area contributed by atoms with Crippen molar-refractivity contribution in [3.05, 3.63) is 28.2 Å². The molecule has 0 aliphatic heterocycles. The van der Waals surface area contributed by atoms with Gasteiger partial charge in [0.2, 0.25) is 10.0 Å². The van der Waals surface area contributed by atoms with E-state index in [9.17, 15) is 21.6 Å². The molecule has 0 unspecified atom stereocenters. The third kappa shape index (κ3) is 5.37. The van der Waals surface area contributed by atoms with Gasteiger partial charge in [-0.1, -0.05) is 15.9 Å². The topological polar surface area (TPSA) is 58.2 Å². The number of halogens is 4. The van der Waals surface area contributed by atoms with Gasteiger partial charge < -0.3 is 5.32 Å². The normalized spacial score (nSPS) is 12.5. The van der Waals surface area contributed by atoms with E-state index < -0.39 is 21.8 Å². The summed E-state index contributed by atoms with van der Waals surface area (Å²) in [5.74, 6) is -0.225. The Morgan fingerprint density at radius 1 is 1.26 bits per heavy atom. The van der Waals surface area contributed by atoms with Crippen molar-refractivity contribution >= 4 is 31.6 Å². The lowest BCUT2D eigenvalue weighted by atomic mass is 10.2. The van der Waals surface area contributed by atoms with Crippen LogP contribution in [0.3, 0.4) is 0 Å². The molecule has 1 aromatic rings. The van der Waals surface area contributed by atoms with E-state index >= 15 is 0 Å². The lowest BCUT2D eigenvalue weighted by Gasteiger charge is -2.12. The number of anilines is 1. The zero-order valence-corrected chi connectivity index (χ0v) is 12.3. The van der Waals surface area contributed by atoms with E-state index in [-0.39, 0.29) is 22.5 Å². The van der Waals surface area contributed by atoms with Gasteiger partial charge in [-0.2, -0.15) is 13.2 Å². The molecule has 0 aromatic heterocycles. The molecule has 0 fully saturated rings. The second kappa shape index (κ2) is 6.10. The number of alkyl halides is 3. The second-order valence-electron chi connectivity index (χ2n) is 3.75. The first-order valence-electron chi connectivity index (χ1n) is 5.17. The highest BCUT2D eigenvalue weighted by Gasteiger charge is 2.31. The molecule has 2 N–H and O–H groups in total. The standard InChI is InChI=1S/C10H12BrF3N2O2S/c1-15-2-3-19(17,18)16-9-5-7(10(12,13)14)4-8(11)6-9/h4-6,15-16H,2-3H2,1H3. The SMILES string of the molecule is CNCCS(=O)(=O)Nc1cc(Br)cc(C(F)(F)F)c1. The van der Waals surface area contributed by atoms with E-state index in [2.05, 4.69) is 26.0 Å². The Morgan fingerprint density at radius 3 is 2.42 bits per heavy atom. The van der Waals surface area contributed by atoms with Gasteiger partial charge in [-0.05, 0) is 25.2 Å². The molecule has 19 heavy (non-hydrogen) atoms. The van der Waals surface area contributed by atoms with Crippen molar-refractivity contribution in [3.63, 3.8) is 0 Å². The first-order chi connectivity index (χ1) is 8.64. The van der Waals surface area contributed by atoms with Crippen molar-refractivity contribution in [2.45, 2.75) is 6.18 Å². The predicted octanol–water partition coefficient (Wildman–Crippen LogP) is 2.43. The molecule has 0 atom stereocenters. The van der Waals surface area contributed by atoms with Gasteiger partial charge in [-0.15, -0.1) is 0 Å². The third-order valence-corrected chi connectivity index (χ3v) is 3.87. The number of sulfonamides is 1. The van der Waals surface area contributed by atoms with Gasteiger partial charge >= 0.3 is 6.18 Å². The molecule has 0 amide bonds. The molecule has 0 aliphatic rings. The average molecular weight is 361 g/mol. The molecule has 0 aliphatic carbocycles. The second-order valence-corrected chi connectivity index (χ2v) is 6.51. The molecule has 0 spiro atoms. The molecular formula is C10H12BrF3N2O2S. The summed E-state index contributed by atoms with van der Waals surface area (Å²) in [6, 6.07) is 2.90. The molecule has 9 heteroatoms. The summed E-state index contributed by atoms with van der Waals surface area (Å²) < 4.78 is 63.1. The molecule has 0 saturated heterocycles. The maximum atomic E-state index is 12.6. The van der Waals surface area contributed by atoms with Crippen LogP contribution in [0.1, 0.15) is 5.56 Å². The summed E-state index contributed by atoms with van der Waals surface area (Å²) in [6.07, 6.45) is -4.53. The Hall–Kier alpha value is -0.800. The number of benzene rings is 1. The zero-order chi connectivity index (χ0) is 14.7. The lowest BCUT2D eigenvalue weighted by Crippen LogP contribution is -2.24. The van der Waals surface area contributed by atoms with E-state index in [1.807, 2.05) is 0 Å². The molecule has 0 saturated carbocycles. The predicted molar refractivity (Wildman–Crippen MR) is 70.5 cm³/mol. The summed E-state index contributed by atoms with van der Waals surface area (Å²) in [4.78, 5) is 0. The van der Waals surface area contributed by atoms with Crippen LogP contribution in [0, 0.1) is 0 Å². The molecule has 0 radical (unpaired) electrons. The van der Waals surface area contributed by atoms with Crippen molar-refractivity contribution < 1.29 is 21.6 Å². The number of nitrogens with one attached hydrogen (secondary N) is 2. The largest absolute Gasteiger partial charge is 0.416 e. The van der Waals surface area contributed by atoms with Gasteiger partial charge in [-0.25, -0.2) is 8.42 Å². The fourth-order valence-electron chi connectivity index (χ4n) is 1.28. The summed E-state index contributed by atoms with van der Waals surface area (Å²) in [5, 5.41) is 2.65. The Balaban J connectivity index is 2.99. The zero-order valence-electron chi connectivity index (χ0n) is 9.88. The van der Waals surface area contributed by atoms with E-state index in [4.69, 9.17) is 0 Å². The van der Waals surface area contributed by atoms with Crippen LogP contribution in [0.2, 0.25) is 0 Å². The van der Waals surface area contributed by atoms with E-state index in [0.29, 0.717) is 0 Å². The van der Waals surface area contributed by atoms with Gasteiger partial charge in [0, 0.05) is 11.0 Å². The maximum absolute atomic E-state index is 12.6. The van der Waals surface area contributed by atoms with E-state index in [0.717, 1.165) is 12.1 Å². The maximum Gasteiger partial charge on any atom is 0.416 e. The molecular weight excluding hydrogens is 349 g/mol. The fourth-order valence-corrected chi connectivity index (χ4v) is 2.82. The van der Waals surface area contributed by atoms with Crippen molar-refractivity contribution in [1.82, 2.24) is 5.32 Å². The molecule has 1 aromatic carbocycles. The summed E-state index contributed by atoms with van der Waals surface area (Å²) in [7, 11) is -2.10. The van der Waals surface area contributed by atoms with Gasteiger partial charge in [-0.3, -0.25) is 4.72 Å². The smallest absolute Gasteiger partial charge is 0.319 e. The minimum atomic E-state index is -4.53. The van der Waals surface area contributed by atoms with E-state index in [1.165, 1.54) is 6.07 Å². The third-order valence-electron chi connectivity index (χ3n) is 2.12. The van der Waals surface area contributed by atoms with Crippen LogP contribution in [0.15, 0.2) is 22.7 Å². The van der Waals surface area contributed by atoms with Crippen LogP contribution in [0.4, 0.5) is 18.9 Å². The van der Waals surface area contributed by atoms with E-state index in [1.54, 1.807) is 7.05 Å². The Bertz CT molecular complexity index is 546. The Morgan fingerprint density at radius 2 is 1.89 bits per heavy atom. The molecule has 1 rings (SSSR count). The number of rotatable bonds is 5. The minimum Gasteiger partial charge on any atom is -0.319 e. The highest BCUT2D eigenvalue weighted by atomic mass is 79.9. The van der Waals surface area contributed by atoms with Gasteiger partial charge in [0.1, 0.15) is 0 Å². The molecule has 4 nitrogen and oxygen atoms in total. The van der Waals surface area contributed by atoms with Crippen molar-refractivity contribution in [3.8, 4) is 0 Å². The minimum absolute atomic E-state index is 0.127. The Labute approximate surface area is 117 Å². The van der Waals surface area contributed by atoms with Crippen LogP contribution in [-0.4, -0.2) is 27.8 Å². The molecule has 0 heterocycles. The quantitative estimate of drug-likeness (QED) is 0.847. The van der Waals surface area contributed by atoms with Crippen LogP contribution in [0.5, 0.6) is 0 Å². The number of hydrogen-bond acceptors (Lipinski definition) is 3. The first-order valence-corrected chi connectivity index (χ1v) is 7.61. The van der Waals surface area contributed by atoms with Gasteiger partial charge in [0.05, 0.1) is 17.0 Å². The van der Waals surface area contributed by atoms with Crippen LogP contribution < -0.4 is 10.0 Å².